The van der Waals surface area contributed by atoms with E-state index in [0.29, 0.717) is 6.04 Å². The molecule has 1 saturated heterocycles. The number of nitrogens with one attached hydrogen (secondary N) is 2. The van der Waals surface area contributed by atoms with Crippen molar-refractivity contribution >= 4 is 6.03 Å². The monoisotopic (exact) mass is 303 g/mol. The molecular weight excluding hydrogens is 274 g/mol. The summed E-state index contributed by atoms with van der Waals surface area (Å²) in [5, 5.41) is 6.18. The molecule has 2 amide bonds. The van der Waals surface area contributed by atoms with E-state index >= 15 is 0 Å². The lowest BCUT2D eigenvalue weighted by atomic mass is 10.0. The van der Waals surface area contributed by atoms with Gasteiger partial charge in [0.05, 0.1) is 0 Å². The zero-order chi connectivity index (χ0) is 15.8. The van der Waals surface area contributed by atoms with Crippen molar-refractivity contribution in [3.05, 3.63) is 35.9 Å². The minimum absolute atomic E-state index is 0.00444. The first-order valence-electron chi connectivity index (χ1n) is 8.54. The van der Waals surface area contributed by atoms with E-state index in [0.717, 1.165) is 45.3 Å². The molecule has 2 N–H and O–H groups in total. The van der Waals surface area contributed by atoms with E-state index in [1.807, 2.05) is 0 Å². The highest BCUT2D eigenvalue weighted by atomic mass is 16.2. The molecule has 4 heteroatoms. The Balaban J connectivity index is 1.69. The number of nitrogens with zero attached hydrogens (tertiary/aromatic N) is 1. The van der Waals surface area contributed by atoms with Gasteiger partial charge in [-0.15, -0.1) is 0 Å². The minimum atomic E-state index is -0.00444. The summed E-state index contributed by atoms with van der Waals surface area (Å²) in [5.74, 6) is 0. The molecule has 1 aromatic rings. The minimum Gasteiger partial charge on any atom is -0.335 e. The maximum Gasteiger partial charge on any atom is 0.315 e. The maximum absolute atomic E-state index is 12.0. The number of piperidine rings is 1. The number of likely N-dealkylation sites (tertiary alicyclic amines) is 1. The van der Waals surface area contributed by atoms with Crippen LogP contribution in [0.15, 0.2) is 30.3 Å². The molecule has 4 nitrogen and oxygen atoms in total. The zero-order valence-electron chi connectivity index (χ0n) is 13.8. The van der Waals surface area contributed by atoms with Gasteiger partial charge in [-0.05, 0) is 31.2 Å². The van der Waals surface area contributed by atoms with Gasteiger partial charge < -0.3 is 10.6 Å². The number of hydrogen-bond donors (Lipinski definition) is 2. The summed E-state index contributed by atoms with van der Waals surface area (Å²) in [6.07, 6.45) is 4.03. The van der Waals surface area contributed by atoms with Crippen molar-refractivity contribution in [1.82, 2.24) is 15.5 Å². The molecule has 0 bridgehead atoms. The summed E-state index contributed by atoms with van der Waals surface area (Å²) in [6.45, 7) is 7.32. The standard InChI is InChI=1S/C18H29N3O/c1-3-16(4-2)19-18(22)20-17-10-12-21(13-11-17)14-15-8-6-5-7-9-15/h5-9,16-17H,3-4,10-14H2,1-2H3,(H2,19,20,22). The highest BCUT2D eigenvalue weighted by Gasteiger charge is 2.21. The highest BCUT2D eigenvalue weighted by Crippen LogP contribution is 2.13. The molecule has 1 aliphatic heterocycles. The number of carbonyl (C=O) groups is 1. The van der Waals surface area contributed by atoms with E-state index in [1.54, 1.807) is 0 Å². The molecule has 1 heterocycles. The quantitative estimate of drug-likeness (QED) is 0.848. The van der Waals surface area contributed by atoms with Crippen LogP contribution in [0, 0.1) is 0 Å². The second-order valence-corrected chi connectivity index (χ2v) is 6.17. The van der Waals surface area contributed by atoms with Crippen LogP contribution in [0.5, 0.6) is 0 Å². The van der Waals surface area contributed by atoms with Gasteiger partial charge in [0.25, 0.3) is 0 Å². The smallest absolute Gasteiger partial charge is 0.315 e. The Labute approximate surface area is 134 Å². The van der Waals surface area contributed by atoms with E-state index in [9.17, 15) is 4.79 Å². The first kappa shape index (κ1) is 16.8. The van der Waals surface area contributed by atoms with Crippen molar-refractivity contribution < 1.29 is 4.79 Å². The largest absolute Gasteiger partial charge is 0.335 e. The van der Waals surface area contributed by atoms with E-state index in [-0.39, 0.29) is 12.1 Å². The van der Waals surface area contributed by atoms with E-state index in [4.69, 9.17) is 0 Å². The number of rotatable bonds is 6. The Morgan fingerprint density at radius 1 is 1.18 bits per heavy atom. The van der Waals surface area contributed by atoms with Gasteiger partial charge in [0, 0.05) is 31.7 Å². The molecule has 1 aliphatic rings. The molecular formula is C18H29N3O. The summed E-state index contributed by atoms with van der Waals surface area (Å²) >= 11 is 0. The van der Waals surface area contributed by atoms with E-state index < -0.39 is 0 Å². The van der Waals surface area contributed by atoms with Crippen LogP contribution in [0.1, 0.15) is 45.1 Å². The van der Waals surface area contributed by atoms with Gasteiger partial charge in [0.15, 0.2) is 0 Å². The molecule has 1 fully saturated rings. The third-order valence-electron chi connectivity index (χ3n) is 4.49. The van der Waals surface area contributed by atoms with Crippen LogP contribution in [-0.4, -0.2) is 36.1 Å². The second kappa shape index (κ2) is 8.79. The predicted octanol–water partition coefficient (Wildman–Crippen LogP) is 3.14. The fourth-order valence-corrected chi connectivity index (χ4v) is 2.98. The Morgan fingerprint density at radius 3 is 2.41 bits per heavy atom. The topological polar surface area (TPSA) is 44.4 Å². The van der Waals surface area contributed by atoms with Gasteiger partial charge >= 0.3 is 6.03 Å². The van der Waals surface area contributed by atoms with E-state index in [2.05, 4.69) is 59.7 Å². The molecule has 122 valence electrons. The molecule has 22 heavy (non-hydrogen) atoms. The van der Waals surface area contributed by atoms with Crippen molar-refractivity contribution in [3.63, 3.8) is 0 Å². The summed E-state index contributed by atoms with van der Waals surface area (Å²) in [7, 11) is 0. The second-order valence-electron chi connectivity index (χ2n) is 6.17. The van der Waals surface area contributed by atoms with Gasteiger partial charge in [0.2, 0.25) is 0 Å². The van der Waals surface area contributed by atoms with Gasteiger partial charge in [-0.2, -0.15) is 0 Å². The van der Waals surface area contributed by atoms with Crippen LogP contribution < -0.4 is 10.6 Å². The van der Waals surface area contributed by atoms with Crippen molar-refractivity contribution in [2.45, 2.75) is 58.2 Å². The number of urea groups is 1. The first-order valence-corrected chi connectivity index (χ1v) is 8.54. The van der Waals surface area contributed by atoms with E-state index in [1.165, 1.54) is 5.56 Å². The van der Waals surface area contributed by atoms with Crippen molar-refractivity contribution in [3.8, 4) is 0 Å². The Morgan fingerprint density at radius 2 is 1.82 bits per heavy atom. The van der Waals surface area contributed by atoms with Gasteiger partial charge in [-0.1, -0.05) is 44.2 Å². The lowest BCUT2D eigenvalue weighted by molar-refractivity contribution is 0.185. The van der Waals surface area contributed by atoms with Crippen LogP contribution in [0.2, 0.25) is 0 Å². The molecule has 0 saturated carbocycles. The van der Waals surface area contributed by atoms with Gasteiger partial charge in [-0.3, -0.25) is 4.90 Å². The maximum atomic E-state index is 12.0. The normalized spacial score (nSPS) is 16.7. The SMILES string of the molecule is CCC(CC)NC(=O)NC1CCN(Cc2ccccc2)CC1. The average molecular weight is 303 g/mol. The molecule has 0 aliphatic carbocycles. The summed E-state index contributed by atoms with van der Waals surface area (Å²) < 4.78 is 0. The molecule has 0 spiro atoms. The Kier molecular flexibility index (Phi) is 6.72. The van der Waals surface area contributed by atoms with Crippen molar-refractivity contribution in [1.29, 1.82) is 0 Å². The average Bonchev–Trinajstić information content (AvgIpc) is 2.55. The third-order valence-corrected chi connectivity index (χ3v) is 4.49. The molecule has 0 radical (unpaired) electrons. The number of benzene rings is 1. The van der Waals surface area contributed by atoms with Gasteiger partial charge in [0.1, 0.15) is 0 Å². The zero-order valence-corrected chi connectivity index (χ0v) is 13.8. The Bertz CT molecular complexity index is 437. The third kappa shape index (κ3) is 5.34. The number of carbonyl (C=O) groups excluding carboxylic acids is 1. The van der Waals surface area contributed by atoms with Crippen LogP contribution in [0.25, 0.3) is 0 Å². The first-order chi connectivity index (χ1) is 10.7. The lowest BCUT2D eigenvalue weighted by Gasteiger charge is -2.32. The van der Waals surface area contributed by atoms with Crippen LogP contribution in [0.3, 0.4) is 0 Å². The molecule has 0 unspecified atom stereocenters. The molecule has 2 rings (SSSR count). The van der Waals surface area contributed by atoms with Crippen molar-refractivity contribution in [2.75, 3.05) is 13.1 Å². The Hall–Kier alpha value is -1.55. The predicted molar refractivity (Wildman–Crippen MR) is 90.8 cm³/mol. The summed E-state index contributed by atoms with van der Waals surface area (Å²) in [6, 6.07) is 11.2. The van der Waals surface area contributed by atoms with Crippen LogP contribution >= 0.6 is 0 Å². The van der Waals surface area contributed by atoms with Gasteiger partial charge in [-0.25, -0.2) is 4.79 Å². The molecule has 0 aromatic heterocycles. The fourth-order valence-electron chi connectivity index (χ4n) is 2.98. The fraction of sp³-hybridized carbons (Fsp3) is 0.611. The summed E-state index contributed by atoms with van der Waals surface area (Å²) in [5.41, 5.74) is 1.36. The summed E-state index contributed by atoms with van der Waals surface area (Å²) in [4.78, 5) is 14.4. The van der Waals surface area contributed by atoms with Crippen molar-refractivity contribution in [2.24, 2.45) is 0 Å². The highest BCUT2D eigenvalue weighted by molar-refractivity contribution is 5.74. The van der Waals surface area contributed by atoms with Crippen LogP contribution in [0.4, 0.5) is 4.79 Å². The number of hydrogen-bond acceptors (Lipinski definition) is 2. The molecule has 0 atom stereocenters. The number of amides is 2. The molecule has 1 aromatic carbocycles. The van der Waals surface area contributed by atoms with Crippen LogP contribution in [-0.2, 0) is 6.54 Å². The lowest BCUT2D eigenvalue weighted by Crippen LogP contribution is -2.49.